The summed E-state index contributed by atoms with van der Waals surface area (Å²) in [4.78, 5) is 17.5. The number of likely N-dealkylation sites (N-methyl/N-ethyl adjacent to an activating group) is 1. The van der Waals surface area contributed by atoms with Gasteiger partial charge in [0.2, 0.25) is 0 Å². The fourth-order valence-electron chi connectivity index (χ4n) is 1.93. The van der Waals surface area contributed by atoms with E-state index in [2.05, 4.69) is 10.3 Å². The van der Waals surface area contributed by atoms with Crippen molar-refractivity contribution in [2.24, 2.45) is 4.99 Å². The van der Waals surface area contributed by atoms with Gasteiger partial charge in [0.1, 0.15) is 5.84 Å². The molecule has 0 atom stereocenters. The highest BCUT2D eigenvalue weighted by atomic mass is 16.5. The number of carbonyl (C=O) groups is 1. The summed E-state index contributed by atoms with van der Waals surface area (Å²) in [5.41, 5.74) is 0.956. The minimum Gasteiger partial charge on any atom is -0.493 e. The molecule has 1 aliphatic rings. The molecule has 1 amide bonds. The molecule has 0 aromatic heterocycles. The van der Waals surface area contributed by atoms with Gasteiger partial charge in [0.15, 0.2) is 18.1 Å². The van der Waals surface area contributed by atoms with Gasteiger partial charge >= 0.3 is 0 Å². The van der Waals surface area contributed by atoms with E-state index in [9.17, 15) is 4.79 Å². The molecule has 1 aromatic carbocycles. The molecule has 0 radical (unpaired) electrons. The number of aliphatic imine (C=N–C) groups is 1. The van der Waals surface area contributed by atoms with E-state index in [-0.39, 0.29) is 12.5 Å². The molecule has 6 nitrogen and oxygen atoms in total. The molecule has 0 saturated heterocycles. The smallest absolute Gasteiger partial charge is 0.259 e. The predicted molar refractivity (Wildman–Crippen MR) is 81.2 cm³/mol. The van der Waals surface area contributed by atoms with E-state index in [1.807, 2.05) is 12.1 Å². The van der Waals surface area contributed by atoms with Gasteiger partial charge in [-0.3, -0.25) is 9.79 Å². The molecule has 114 valence electrons. The van der Waals surface area contributed by atoms with Crippen LogP contribution in [0.3, 0.4) is 0 Å². The van der Waals surface area contributed by atoms with E-state index in [0.717, 1.165) is 30.9 Å². The fourth-order valence-corrected chi connectivity index (χ4v) is 1.93. The standard InChI is InChI=1S/C15H21N3O3/c1-18(2)14(19)10-21-12-6-5-11(9-13(12)20-3)15-16-7-4-8-17-15/h5-6,9H,4,7-8,10H2,1-3H3,(H,16,17). The van der Waals surface area contributed by atoms with Crippen LogP contribution in [0.15, 0.2) is 23.2 Å². The van der Waals surface area contributed by atoms with Gasteiger partial charge in [-0.25, -0.2) is 0 Å². The van der Waals surface area contributed by atoms with E-state index in [4.69, 9.17) is 9.47 Å². The number of nitrogens with one attached hydrogen (secondary N) is 1. The van der Waals surface area contributed by atoms with E-state index in [1.54, 1.807) is 27.3 Å². The maximum Gasteiger partial charge on any atom is 0.259 e. The Bertz CT molecular complexity index is 541. The van der Waals surface area contributed by atoms with Gasteiger partial charge in [-0.1, -0.05) is 0 Å². The molecular formula is C15H21N3O3. The lowest BCUT2D eigenvalue weighted by Crippen LogP contribution is -2.30. The molecule has 1 heterocycles. The predicted octanol–water partition coefficient (Wildman–Crippen LogP) is 0.902. The Kier molecular flexibility index (Phi) is 5.03. The SMILES string of the molecule is COc1cc(C2=NCCCN2)ccc1OCC(=O)N(C)C. The van der Waals surface area contributed by atoms with Crippen LogP contribution in [0.2, 0.25) is 0 Å². The van der Waals surface area contributed by atoms with Gasteiger partial charge < -0.3 is 19.7 Å². The number of nitrogens with zero attached hydrogens (tertiary/aromatic N) is 2. The molecular weight excluding hydrogens is 270 g/mol. The van der Waals surface area contributed by atoms with Crippen LogP contribution in [0, 0.1) is 0 Å². The zero-order valence-electron chi connectivity index (χ0n) is 12.7. The van der Waals surface area contributed by atoms with Crippen molar-refractivity contribution < 1.29 is 14.3 Å². The van der Waals surface area contributed by atoms with Crippen molar-refractivity contribution in [3.05, 3.63) is 23.8 Å². The average molecular weight is 291 g/mol. The third-order valence-corrected chi connectivity index (χ3v) is 3.18. The van der Waals surface area contributed by atoms with Gasteiger partial charge in [-0.2, -0.15) is 0 Å². The minimum atomic E-state index is -0.0977. The lowest BCUT2D eigenvalue weighted by atomic mass is 10.1. The molecule has 1 aliphatic heterocycles. The second kappa shape index (κ2) is 6.97. The second-order valence-corrected chi connectivity index (χ2v) is 4.95. The molecule has 1 N–H and O–H groups in total. The summed E-state index contributed by atoms with van der Waals surface area (Å²) in [5.74, 6) is 1.91. The zero-order valence-corrected chi connectivity index (χ0v) is 12.7. The number of hydrogen-bond donors (Lipinski definition) is 1. The molecule has 0 spiro atoms. The van der Waals surface area contributed by atoms with E-state index >= 15 is 0 Å². The molecule has 2 rings (SSSR count). The van der Waals surface area contributed by atoms with Crippen LogP contribution in [-0.2, 0) is 4.79 Å². The quantitative estimate of drug-likeness (QED) is 0.875. The van der Waals surface area contributed by atoms with Gasteiger partial charge in [0.25, 0.3) is 5.91 Å². The van der Waals surface area contributed by atoms with Crippen molar-refractivity contribution in [2.45, 2.75) is 6.42 Å². The van der Waals surface area contributed by atoms with Crippen LogP contribution < -0.4 is 14.8 Å². The molecule has 1 aromatic rings. The van der Waals surface area contributed by atoms with Crippen LogP contribution >= 0.6 is 0 Å². The summed E-state index contributed by atoms with van der Waals surface area (Å²) in [6, 6.07) is 5.58. The summed E-state index contributed by atoms with van der Waals surface area (Å²) >= 11 is 0. The van der Waals surface area contributed by atoms with Gasteiger partial charge in [-0.05, 0) is 24.6 Å². The topological polar surface area (TPSA) is 63.2 Å². The molecule has 6 heteroatoms. The average Bonchev–Trinajstić information content (AvgIpc) is 2.53. The first-order chi connectivity index (χ1) is 10.1. The molecule has 21 heavy (non-hydrogen) atoms. The van der Waals surface area contributed by atoms with E-state index in [1.165, 1.54) is 4.90 Å². The number of hydrogen-bond acceptors (Lipinski definition) is 5. The third kappa shape index (κ3) is 3.87. The maximum atomic E-state index is 11.6. The number of ether oxygens (including phenoxy) is 2. The van der Waals surface area contributed by atoms with Gasteiger partial charge in [0, 0.05) is 32.7 Å². The first kappa shape index (κ1) is 15.2. The van der Waals surface area contributed by atoms with Crippen LogP contribution in [0.25, 0.3) is 0 Å². The molecule has 0 unspecified atom stereocenters. The summed E-state index contributed by atoms with van der Waals surface area (Å²) in [6.07, 6.45) is 1.05. The second-order valence-electron chi connectivity index (χ2n) is 4.95. The zero-order chi connectivity index (χ0) is 15.2. The number of methoxy groups -OCH3 is 1. The Morgan fingerprint density at radius 1 is 1.38 bits per heavy atom. The normalized spacial score (nSPS) is 14.0. The summed E-state index contributed by atoms with van der Waals surface area (Å²) in [6.45, 7) is 1.75. The van der Waals surface area contributed by atoms with Crippen molar-refractivity contribution in [1.29, 1.82) is 0 Å². The molecule has 0 aliphatic carbocycles. The van der Waals surface area contributed by atoms with Crippen molar-refractivity contribution in [3.8, 4) is 11.5 Å². The van der Waals surface area contributed by atoms with E-state index in [0.29, 0.717) is 11.5 Å². The van der Waals surface area contributed by atoms with Crippen LogP contribution in [0.4, 0.5) is 0 Å². The Morgan fingerprint density at radius 3 is 2.81 bits per heavy atom. The van der Waals surface area contributed by atoms with Crippen LogP contribution in [-0.4, -0.2) is 57.5 Å². The Balaban J connectivity index is 2.12. The highest BCUT2D eigenvalue weighted by molar-refractivity contribution is 5.99. The first-order valence-corrected chi connectivity index (χ1v) is 6.91. The Morgan fingerprint density at radius 2 is 2.19 bits per heavy atom. The molecule has 0 saturated carbocycles. The Labute approximate surface area is 124 Å². The number of amides is 1. The largest absolute Gasteiger partial charge is 0.493 e. The van der Waals surface area contributed by atoms with Crippen molar-refractivity contribution >= 4 is 11.7 Å². The number of carbonyl (C=O) groups excluding carboxylic acids is 1. The number of benzene rings is 1. The van der Waals surface area contributed by atoms with E-state index < -0.39 is 0 Å². The maximum absolute atomic E-state index is 11.6. The van der Waals surface area contributed by atoms with Crippen LogP contribution in [0.1, 0.15) is 12.0 Å². The van der Waals surface area contributed by atoms with Crippen molar-refractivity contribution in [3.63, 3.8) is 0 Å². The van der Waals surface area contributed by atoms with Gasteiger partial charge in [-0.15, -0.1) is 0 Å². The van der Waals surface area contributed by atoms with Crippen molar-refractivity contribution in [1.82, 2.24) is 10.2 Å². The summed E-state index contributed by atoms with van der Waals surface area (Å²) < 4.78 is 10.9. The number of amidine groups is 1. The minimum absolute atomic E-state index is 0.0120. The van der Waals surface area contributed by atoms with Crippen molar-refractivity contribution in [2.75, 3.05) is 40.9 Å². The summed E-state index contributed by atoms with van der Waals surface area (Å²) in [5, 5.41) is 3.26. The number of rotatable bonds is 5. The lowest BCUT2D eigenvalue weighted by Gasteiger charge is -2.17. The highest BCUT2D eigenvalue weighted by Crippen LogP contribution is 2.28. The van der Waals surface area contributed by atoms with Gasteiger partial charge in [0.05, 0.1) is 7.11 Å². The van der Waals surface area contributed by atoms with Crippen LogP contribution in [0.5, 0.6) is 11.5 Å². The summed E-state index contributed by atoms with van der Waals surface area (Å²) in [7, 11) is 4.97. The first-order valence-electron chi connectivity index (χ1n) is 6.91. The fraction of sp³-hybridized carbons (Fsp3) is 0.467. The monoisotopic (exact) mass is 291 g/mol. The highest BCUT2D eigenvalue weighted by Gasteiger charge is 2.13. The Hall–Kier alpha value is -2.24. The molecule has 0 bridgehead atoms. The lowest BCUT2D eigenvalue weighted by molar-refractivity contribution is -0.130. The molecule has 0 fully saturated rings. The third-order valence-electron chi connectivity index (χ3n) is 3.18.